The van der Waals surface area contributed by atoms with E-state index in [0.29, 0.717) is 0 Å². The lowest BCUT2D eigenvalue weighted by atomic mass is 10.4. The summed E-state index contributed by atoms with van der Waals surface area (Å²) < 4.78 is 25.0. The van der Waals surface area contributed by atoms with E-state index in [9.17, 15) is 8.42 Å². The standard InChI is InChI=1S/C9H14N4O2S/c1-13(6-4-9(10)11)16(14,15)8-3-2-5-12-7-8/h2-3,5,7H,4,6H2,1H3,(H3,10,11). The molecule has 0 unspecified atom stereocenters. The molecule has 16 heavy (non-hydrogen) atoms. The fraction of sp³-hybridized carbons (Fsp3) is 0.333. The summed E-state index contributed by atoms with van der Waals surface area (Å²) in [6.07, 6.45) is 3.02. The van der Waals surface area contributed by atoms with Gasteiger partial charge in [-0.25, -0.2) is 12.7 Å². The number of amidine groups is 1. The molecule has 6 nitrogen and oxygen atoms in total. The average molecular weight is 242 g/mol. The summed E-state index contributed by atoms with van der Waals surface area (Å²) in [5.74, 6) is -0.0340. The van der Waals surface area contributed by atoms with Crippen molar-refractivity contribution in [1.29, 1.82) is 5.41 Å². The van der Waals surface area contributed by atoms with E-state index < -0.39 is 10.0 Å². The fourth-order valence-corrected chi connectivity index (χ4v) is 2.21. The van der Waals surface area contributed by atoms with Crippen molar-refractivity contribution in [2.45, 2.75) is 11.3 Å². The van der Waals surface area contributed by atoms with Gasteiger partial charge in [0.2, 0.25) is 10.0 Å². The number of hydrogen-bond acceptors (Lipinski definition) is 4. The minimum absolute atomic E-state index is 0.0340. The first kappa shape index (κ1) is 12.6. The lowest BCUT2D eigenvalue weighted by molar-refractivity contribution is 0.477. The highest BCUT2D eigenvalue weighted by Gasteiger charge is 2.20. The molecule has 1 rings (SSSR count). The van der Waals surface area contributed by atoms with Crippen molar-refractivity contribution in [3.05, 3.63) is 24.5 Å². The Hall–Kier alpha value is -1.47. The second kappa shape index (κ2) is 5.04. The van der Waals surface area contributed by atoms with Crippen molar-refractivity contribution in [1.82, 2.24) is 9.29 Å². The van der Waals surface area contributed by atoms with Crippen LogP contribution in [0.4, 0.5) is 0 Å². The van der Waals surface area contributed by atoms with Gasteiger partial charge in [0, 0.05) is 32.4 Å². The third kappa shape index (κ3) is 3.01. The molecule has 7 heteroatoms. The molecule has 0 atom stereocenters. The highest BCUT2D eigenvalue weighted by Crippen LogP contribution is 2.12. The first-order valence-electron chi connectivity index (χ1n) is 4.64. The molecule has 0 bridgehead atoms. The van der Waals surface area contributed by atoms with Crippen molar-refractivity contribution in [3.63, 3.8) is 0 Å². The normalized spacial score (nSPS) is 11.6. The van der Waals surface area contributed by atoms with Gasteiger partial charge >= 0.3 is 0 Å². The third-order valence-electron chi connectivity index (χ3n) is 2.04. The highest BCUT2D eigenvalue weighted by molar-refractivity contribution is 7.89. The molecule has 3 N–H and O–H groups in total. The Labute approximate surface area is 94.7 Å². The van der Waals surface area contributed by atoms with E-state index in [1.54, 1.807) is 6.07 Å². The predicted molar refractivity (Wildman–Crippen MR) is 60.6 cm³/mol. The van der Waals surface area contributed by atoms with Crippen molar-refractivity contribution in [3.8, 4) is 0 Å². The van der Waals surface area contributed by atoms with Gasteiger partial charge in [-0.3, -0.25) is 10.4 Å². The van der Waals surface area contributed by atoms with Crippen LogP contribution < -0.4 is 5.73 Å². The average Bonchev–Trinajstić information content (AvgIpc) is 2.27. The maximum absolute atomic E-state index is 11.9. The van der Waals surface area contributed by atoms with Gasteiger partial charge in [-0.15, -0.1) is 0 Å². The zero-order valence-electron chi connectivity index (χ0n) is 8.92. The van der Waals surface area contributed by atoms with Gasteiger partial charge in [-0.2, -0.15) is 0 Å². The first-order valence-corrected chi connectivity index (χ1v) is 6.08. The number of nitrogens with one attached hydrogen (secondary N) is 1. The Morgan fingerprint density at radius 2 is 2.31 bits per heavy atom. The zero-order chi connectivity index (χ0) is 12.2. The van der Waals surface area contributed by atoms with Gasteiger partial charge in [-0.1, -0.05) is 0 Å². The topological polar surface area (TPSA) is 100 Å². The summed E-state index contributed by atoms with van der Waals surface area (Å²) in [6.45, 7) is 0.187. The van der Waals surface area contributed by atoms with E-state index in [-0.39, 0.29) is 23.7 Å². The minimum atomic E-state index is -3.52. The Morgan fingerprint density at radius 3 is 2.81 bits per heavy atom. The van der Waals surface area contributed by atoms with Gasteiger partial charge in [0.15, 0.2) is 0 Å². The Kier molecular flexibility index (Phi) is 3.97. The number of nitrogens with two attached hydrogens (primary N) is 1. The summed E-state index contributed by atoms with van der Waals surface area (Å²) in [5, 5.41) is 7.04. The van der Waals surface area contributed by atoms with Crippen LogP contribution in [0.2, 0.25) is 0 Å². The van der Waals surface area contributed by atoms with Gasteiger partial charge in [-0.05, 0) is 12.1 Å². The molecule has 0 amide bonds. The molecular formula is C9H14N4O2S. The number of sulfonamides is 1. The predicted octanol–water partition coefficient (Wildman–Crippen LogP) is 0.0282. The van der Waals surface area contributed by atoms with Crippen molar-refractivity contribution >= 4 is 15.9 Å². The molecule has 0 saturated heterocycles. The Morgan fingerprint density at radius 1 is 1.62 bits per heavy atom. The van der Waals surface area contributed by atoms with Crippen LogP contribution in [0.3, 0.4) is 0 Å². The Balaban J connectivity index is 2.82. The number of nitrogens with zero attached hydrogens (tertiary/aromatic N) is 2. The minimum Gasteiger partial charge on any atom is -0.388 e. The summed E-state index contributed by atoms with van der Waals surface area (Å²) in [7, 11) is -2.07. The van der Waals surface area contributed by atoms with Crippen LogP contribution in [0.5, 0.6) is 0 Å². The molecule has 0 aromatic carbocycles. The van der Waals surface area contributed by atoms with E-state index >= 15 is 0 Å². The van der Waals surface area contributed by atoms with E-state index in [2.05, 4.69) is 4.98 Å². The fourth-order valence-electron chi connectivity index (χ4n) is 1.08. The lowest BCUT2D eigenvalue weighted by Crippen LogP contribution is -2.30. The number of rotatable bonds is 5. The van der Waals surface area contributed by atoms with Gasteiger partial charge in [0.1, 0.15) is 4.90 Å². The van der Waals surface area contributed by atoms with Crippen LogP contribution in [0, 0.1) is 5.41 Å². The molecule has 0 spiro atoms. The third-order valence-corrected chi connectivity index (χ3v) is 3.88. The number of hydrogen-bond donors (Lipinski definition) is 2. The van der Waals surface area contributed by atoms with Crippen LogP contribution in [-0.2, 0) is 10.0 Å². The van der Waals surface area contributed by atoms with E-state index in [4.69, 9.17) is 11.1 Å². The summed E-state index contributed by atoms with van der Waals surface area (Å²) in [5.41, 5.74) is 5.17. The van der Waals surface area contributed by atoms with Crippen LogP contribution in [0.15, 0.2) is 29.4 Å². The maximum Gasteiger partial charge on any atom is 0.244 e. The van der Waals surface area contributed by atoms with Crippen molar-refractivity contribution in [2.24, 2.45) is 5.73 Å². The SMILES string of the molecule is CN(CCC(=N)N)S(=O)(=O)c1cccnc1. The first-order chi connectivity index (χ1) is 7.44. The smallest absolute Gasteiger partial charge is 0.244 e. The Bertz CT molecular complexity index is 458. The molecule has 0 radical (unpaired) electrons. The molecule has 88 valence electrons. The summed E-state index contributed by atoms with van der Waals surface area (Å²) >= 11 is 0. The molecular weight excluding hydrogens is 228 g/mol. The van der Waals surface area contributed by atoms with Gasteiger partial charge in [0.05, 0.1) is 5.84 Å². The summed E-state index contributed by atoms with van der Waals surface area (Å²) in [6, 6.07) is 3.04. The lowest BCUT2D eigenvalue weighted by Gasteiger charge is -2.16. The highest BCUT2D eigenvalue weighted by atomic mass is 32.2. The summed E-state index contributed by atoms with van der Waals surface area (Å²) in [4.78, 5) is 3.90. The van der Waals surface area contributed by atoms with Crippen molar-refractivity contribution < 1.29 is 8.42 Å². The van der Waals surface area contributed by atoms with Gasteiger partial charge < -0.3 is 5.73 Å². The van der Waals surface area contributed by atoms with E-state index in [1.165, 1.54) is 25.5 Å². The van der Waals surface area contributed by atoms with Crippen molar-refractivity contribution in [2.75, 3.05) is 13.6 Å². The van der Waals surface area contributed by atoms with Crippen LogP contribution in [-0.4, -0.2) is 37.1 Å². The van der Waals surface area contributed by atoms with E-state index in [0.717, 1.165) is 4.31 Å². The molecule has 0 aliphatic heterocycles. The molecule has 1 aromatic heterocycles. The van der Waals surface area contributed by atoms with Crippen LogP contribution in [0.25, 0.3) is 0 Å². The van der Waals surface area contributed by atoms with Crippen LogP contribution in [0.1, 0.15) is 6.42 Å². The molecule has 0 fully saturated rings. The second-order valence-corrected chi connectivity index (χ2v) is 5.34. The zero-order valence-corrected chi connectivity index (χ0v) is 9.74. The molecule has 0 aliphatic carbocycles. The molecule has 1 heterocycles. The largest absolute Gasteiger partial charge is 0.388 e. The van der Waals surface area contributed by atoms with Crippen LogP contribution >= 0.6 is 0 Å². The second-order valence-electron chi connectivity index (χ2n) is 3.29. The maximum atomic E-state index is 11.9. The molecule has 1 aromatic rings. The quantitative estimate of drug-likeness (QED) is 0.562. The van der Waals surface area contributed by atoms with E-state index in [1.807, 2.05) is 0 Å². The molecule has 0 aliphatic rings. The molecule has 0 saturated carbocycles. The monoisotopic (exact) mass is 242 g/mol. The van der Waals surface area contributed by atoms with Gasteiger partial charge in [0.25, 0.3) is 0 Å². The number of aromatic nitrogens is 1. The number of pyridine rings is 1.